The second-order valence-corrected chi connectivity index (χ2v) is 7.61. The summed E-state index contributed by atoms with van der Waals surface area (Å²) in [6.07, 6.45) is 1.56. The molecule has 2 aromatic heterocycles. The fraction of sp³-hybridized carbons (Fsp3) is 0.167. The van der Waals surface area contributed by atoms with Crippen LogP contribution in [-0.4, -0.2) is 29.2 Å². The van der Waals surface area contributed by atoms with Crippen molar-refractivity contribution in [3.05, 3.63) is 68.4 Å². The molecule has 0 atom stereocenters. The van der Waals surface area contributed by atoms with Crippen molar-refractivity contribution in [2.75, 3.05) is 14.2 Å². The normalized spacial score (nSPS) is 11.6. The van der Waals surface area contributed by atoms with E-state index in [1.165, 1.54) is 14.2 Å². The number of aromatic amines is 1. The number of nitrogens with one attached hydrogen (secondary N) is 1. The van der Waals surface area contributed by atoms with Gasteiger partial charge in [0.15, 0.2) is 17.3 Å². The van der Waals surface area contributed by atoms with E-state index in [1.807, 2.05) is 32.0 Å². The van der Waals surface area contributed by atoms with Crippen molar-refractivity contribution in [1.82, 2.24) is 15.0 Å². The molecule has 8 heteroatoms. The number of hydrogen-bond donors (Lipinski definition) is 1. The van der Waals surface area contributed by atoms with Crippen molar-refractivity contribution in [3.8, 4) is 17.6 Å². The SMILES string of the molecule is COc1cc2nc(C(C#N)=Cc3cc4ccc(C)c(C)c4nc3Cl)[nH]c(=O)c2cc1OC. The van der Waals surface area contributed by atoms with Crippen molar-refractivity contribution in [2.45, 2.75) is 13.8 Å². The summed E-state index contributed by atoms with van der Waals surface area (Å²) in [4.78, 5) is 24.3. The predicted octanol–water partition coefficient (Wildman–Crippen LogP) is 4.82. The average molecular weight is 447 g/mol. The lowest BCUT2D eigenvalue weighted by atomic mass is 10.0. The molecule has 4 rings (SSSR count). The minimum absolute atomic E-state index is 0.119. The summed E-state index contributed by atoms with van der Waals surface area (Å²) >= 11 is 6.43. The number of nitrogens with zero attached hydrogens (tertiary/aromatic N) is 3. The Morgan fingerprint density at radius 1 is 1.12 bits per heavy atom. The molecule has 0 spiro atoms. The van der Waals surface area contributed by atoms with Crippen LogP contribution in [0.5, 0.6) is 11.5 Å². The molecular formula is C24H19ClN4O3. The molecule has 0 aliphatic rings. The molecule has 0 saturated carbocycles. The summed E-state index contributed by atoms with van der Waals surface area (Å²) in [7, 11) is 2.98. The molecule has 0 radical (unpaired) electrons. The van der Waals surface area contributed by atoms with Gasteiger partial charge in [-0.15, -0.1) is 0 Å². The monoisotopic (exact) mass is 446 g/mol. The van der Waals surface area contributed by atoms with Crippen molar-refractivity contribution >= 4 is 45.1 Å². The number of fused-ring (bicyclic) bond motifs is 2. The highest BCUT2D eigenvalue weighted by molar-refractivity contribution is 6.31. The van der Waals surface area contributed by atoms with Crippen molar-refractivity contribution in [2.24, 2.45) is 0 Å². The Kier molecular flexibility index (Phi) is 5.56. The van der Waals surface area contributed by atoms with E-state index in [1.54, 1.807) is 18.2 Å². The third-order valence-electron chi connectivity index (χ3n) is 5.38. The number of aryl methyl sites for hydroxylation is 2. The Balaban J connectivity index is 1.88. The highest BCUT2D eigenvalue weighted by Gasteiger charge is 2.14. The van der Waals surface area contributed by atoms with Gasteiger partial charge in [-0.1, -0.05) is 23.7 Å². The van der Waals surface area contributed by atoms with Gasteiger partial charge in [0.25, 0.3) is 5.56 Å². The molecule has 0 aliphatic heterocycles. The summed E-state index contributed by atoms with van der Waals surface area (Å²) < 4.78 is 10.5. The number of allylic oxidation sites excluding steroid dienone is 1. The zero-order chi connectivity index (χ0) is 23.0. The zero-order valence-electron chi connectivity index (χ0n) is 17.9. The number of nitriles is 1. The molecule has 4 aromatic rings. The number of pyridine rings is 1. The zero-order valence-corrected chi connectivity index (χ0v) is 18.7. The van der Waals surface area contributed by atoms with Crippen LogP contribution in [0.3, 0.4) is 0 Å². The van der Waals surface area contributed by atoms with Gasteiger partial charge in [0, 0.05) is 17.0 Å². The second-order valence-electron chi connectivity index (χ2n) is 7.26. The number of hydrogen-bond acceptors (Lipinski definition) is 6. The van der Waals surface area contributed by atoms with Crippen LogP contribution >= 0.6 is 11.6 Å². The molecule has 0 aliphatic carbocycles. The van der Waals surface area contributed by atoms with Gasteiger partial charge in [-0.3, -0.25) is 4.79 Å². The molecule has 2 aromatic carbocycles. The topological polar surface area (TPSA) is 101 Å². The molecule has 32 heavy (non-hydrogen) atoms. The van der Waals surface area contributed by atoms with Gasteiger partial charge in [0.1, 0.15) is 11.2 Å². The first-order valence-corrected chi connectivity index (χ1v) is 10.1. The molecule has 1 N–H and O–H groups in total. The molecule has 0 amide bonds. The van der Waals surface area contributed by atoms with Gasteiger partial charge >= 0.3 is 0 Å². The van der Waals surface area contributed by atoms with Crippen LogP contribution in [0.4, 0.5) is 0 Å². The van der Waals surface area contributed by atoms with Crippen molar-refractivity contribution < 1.29 is 9.47 Å². The van der Waals surface area contributed by atoms with Crippen LogP contribution in [-0.2, 0) is 0 Å². The fourth-order valence-corrected chi connectivity index (χ4v) is 3.67. The first-order valence-electron chi connectivity index (χ1n) is 9.71. The first-order chi connectivity index (χ1) is 15.4. The molecule has 0 saturated heterocycles. The number of halogens is 1. The quantitative estimate of drug-likeness (QED) is 0.356. The van der Waals surface area contributed by atoms with E-state index in [0.717, 1.165) is 22.0 Å². The van der Waals surface area contributed by atoms with Gasteiger partial charge in [0.2, 0.25) is 0 Å². The Hall–Kier alpha value is -3.89. The first kappa shape index (κ1) is 21.3. The Labute approximate surface area is 188 Å². The lowest BCUT2D eigenvalue weighted by molar-refractivity contribution is 0.355. The van der Waals surface area contributed by atoms with Gasteiger partial charge in [-0.25, -0.2) is 9.97 Å². The lowest BCUT2D eigenvalue weighted by Crippen LogP contribution is -2.11. The number of ether oxygens (including phenoxy) is 2. The van der Waals surface area contributed by atoms with E-state index in [4.69, 9.17) is 21.1 Å². The summed E-state index contributed by atoms with van der Waals surface area (Å²) in [5.74, 6) is 0.961. The highest BCUT2D eigenvalue weighted by Crippen LogP contribution is 2.31. The van der Waals surface area contributed by atoms with Gasteiger partial charge in [-0.2, -0.15) is 5.26 Å². The van der Waals surface area contributed by atoms with Crippen LogP contribution < -0.4 is 15.0 Å². The van der Waals surface area contributed by atoms with E-state index < -0.39 is 5.56 Å². The lowest BCUT2D eigenvalue weighted by Gasteiger charge is -2.10. The Bertz CT molecular complexity index is 1520. The molecule has 2 heterocycles. The smallest absolute Gasteiger partial charge is 0.259 e. The predicted molar refractivity (Wildman–Crippen MR) is 125 cm³/mol. The summed E-state index contributed by atoms with van der Waals surface area (Å²) in [5.41, 5.74) is 3.64. The average Bonchev–Trinajstić information content (AvgIpc) is 2.79. The van der Waals surface area contributed by atoms with Crippen LogP contribution in [0.2, 0.25) is 5.15 Å². The van der Waals surface area contributed by atoms with Crippen molar-refractivity contribution in [1.29, 1.82) is 5.26 Å². The molecule has 0 fully saturated rings. The largest absolute Gasteiger partial charge is 0.493 e. The van der Waals surface area contributed by atoms with Crippen LogP contribution in [0.25, 0.3) is 33.5 Å². The molecular weight excluding hydrogens is 428 g/mol. The number of H-pyrrole nitrogens is 1. The third-order valence-corrected chi connectivity index (χ3v) is 5.68. The fourth-order valence-electron chi connectivity index (χ4n) is 3.48. The Morgan fingerprint density at radius 3 is 2.53 bits per heavy atom. The third kappa shape index (κ3) is 3.66. The summed E-state index contributed by atoms with van der Waals surface area (Å²) in [6.45, 7) is 4.00. The van der Waals surface area contributed by atoms with Gasteiger partial charge < -0.3 is 14.5 Å². The molecule has 0 bridgehead atoms. The summed E-state index contributed by atoms with van der Waals surface area (Å²) in [5, 5.41) is 11.3. The summed E-state index contributed by atoms with van der Waals surface area (Å²) in [6, 6.07) is 11.1. The van der Waals surface area contributed by atoms with E-state index in [9.17, 15) is 10.1 Å². The van der Waals surface area contributed by atoms with E-state index in [0.29, 0.717) is 28.0 Å². The highest BCUT2D eigenvalue weighted by atomic mass is 35.5. The molecule has 0 unspecified atom stereocenters. The van der Waals surface area contributed by atoms with Gasteiger partial charge in [-0.05, 0) is 43.2 Å². The maximum atomic E-state index is 12.7. The minimum atomic E-state index is -0.402. The van der Waals surface area contributed by atoms with Crippen LogP contribution in [0.1, 0.15) is 22.5 Å². The number of aromatic nitrogens is 3. The molecule has 7 nitrogen and oxygen atoms in total. The van der Waals surface area contributed by atoms with E-state index in [-0.39, 0.29) is 16.6 Å². The van der Waals surface area contributed by atoms with Crippen LogP contribution in [0, 0.1) is 25.2 Å². The number of rotatable bonds is 4. The maximum Gasteiger partial charge on any atom is 0.259 e. The molecule has 160 valence electrons. The van der Waals surface area contributed by atoms with Gasteiger partial charge in [0.05, 0.1) is 36.2 Å². The minimum Gasteiger partial charge on any atom is -0.493 e. The Morgan fingerprint density at radius 2 is 1.84 bits per heavy atom. The van der Waals surface area contributed by atoms with E-state index >= 15 is 0 Å². The standard InChI is InChI=1S/C24H19ClN4O3/c1-12-5-6-14-7-15(22(25)28-21(14)13(12)2)8-16(11-26)23-27-18-10-20(32-4)19(31-3)9-17(18)24(30)29-23/h5-10H,1-4H3,(H,27,29,30). The van der Waals surface area contributed by atoms with Crippen molar-refractivity contribution in [3.63, 3.8) is 0 Å². The van der Waals surface area contributed by atoms with E-state index in [2.05, 4.69) is 21.0 Å². The maximum absolute atomic E-state index is 12.7. The number of benzene rings is 2. The number of methoxy groups -OCH3 is 2. The second kappa shape index (κ2) is 8.33. The van der Waals surface area contributed by atoms with Crippen LogP contribution in [0.15, 0.2) is 35.1 Å².